The largest absolute Gasteiger partial charge is 0.274 e. The number of nitrogens with one attached hydrogen (secondary N) is 1. The van der Waals surface area contributed by atoms with Gasteiger partial charge in [0.15, 0.2) is 6.19 Å². The van der Waals surface area contributed by atoms with Crippen molar-refractivity contribution in [3.8, 4) is 6.19 Å². The van der Waals surface area contributed by atoms with Crippen LogP contribution in [0.4, 0.5) is 0 Å². The Labute approximate surface area is 93.5 Å². The summed E-state index contributed by atoms with van der Waals surface area (Å²) in [5, 5.41) is 10.3. The lowest BCUT2D eigenvalue weighted by Gasteiger charge is -2.00. The van der Waals surface area contributed by atoms with Crippen LogP contribution in [-0.4, -0.2) is 11.7 Å². The summed E-state index contributed by atoms with van der Waals surface area (Å²) < 4.78 is 0. The molecular formula is C11H12N2OS. The molecule has 1 N–H and O–H groups in total. The first-order chi connectivity index (χ1) is 7.22. The minimum absolute atomic E-state index is 0.225. The fourth-order valence-corrected chi connectivity index (χ4v) is 1.87. The Morgan fingerprint density at radius 2 is 2.13 bits per heavy atom. The average molecular weight is 220 g/mol. The van der Waals surface area contributed by atoms with Crippen LogP contribution in [-0.2, 0) is 4.79 Å². The second kappa shape index (κ2) is 6.10. The third-order valence-electron chi connectivity index (χ3n) is 1.81. The molecule has 0 aliphatic carbocycles. The molecule has 3 nitrogen and oxygen atoms in total. The normalized spacial score (nSPS) is 9.33. The Balaban J connectivity index is 2.29. The molecule has 0 aliphatic rings. The first-order valence-corrected chi connectivity index (χ1v) is 5.58. The number of thioether (sulfide) groups is 1. The van der Waals surface area contributed by atoms with E-state index in [4.69, 9.17) is 5.26 Å². The van der Waals surface area contributed by atoms with E-state index < -0.39 is 0 Å². The van der Waals surface area contributed by atoms with Crippen LogP contribution in [0.3, 0.4) is 0 Å². The minimum Gasteiger partial charge on any atom is -0.274 e. The van der Waals surface area contributed by atoms with E-state index in [9.17, 15) is 4.79 Å². The predicted octanol–water partition coefficient (Wildman–Crippen LogP) is 2.07. The van der Waals surface area contributed by atoms with Crippen molar-refractivity contribution >= 4 is 17.7 Å². The van der Waals surface area contributed by atoms with Crippen molar-refractivity contribution in [2.75, 3.05) is 5.75 Å². The number of aryl methyl sites for hydroxylation is 1. The summed E-state index contributed by atoms with van der Waals surface area (Å²) in [6.07, 6.45) is 1.98. The molecule has 15 heavy (non-hydrogen) atoms. The highest BCUT2D eigenvalue weighted by atomic mass is 32.2. The fourth-order valence-electron chi connectivity index (χ4n) is 1.02. The van der Waals surface area contributed by atoms with Gasteiger partial charge in [-0.05, 0) is 19.1 Å². The summed E-state index contributed by atoms with van der Waals surface area (Å²) in [5.41, 5.74) is 1.22. The van der Waals surface area contributed by atoms with Crippen LogP contribution in [0.2, 0.25) is 0 Å². The van der Waals surface area contributed by atoms with E-state index in [2.05, 4.69) is 5.32 Å². The second-order valence-electron chi connectivity index (χ2n) is 3.07. The van der Waals surface area contributed by atoms with Crippen molar-refractivity contribution in [2.24, 2.45) is 0 Å². The van der Waals surface area contributed by atoms with Crippen LogP contribution in [0.5, 0.6) is 0 Å². The van der Waals surface area contributed by atoms with Crippen molar-refractivity contribution in [2.45, 2.75) is 18.2 Å². The van der Waals surface area contributed by atoms with E-state index in [1.165, 1.54) is 5.56 Å². The zero-order valence-corrected chi connectivity index (χ0v) is 9.30. The van der Waals surface area contributed by atoms with Gasteiger partial charge in [-0.3, -0.25) is 10.1 Å². The summed E-state index contributed by atoms with van der Waals surface area (Å²) in [6.45, 7) is 2.04. The third kappa shape index (κ3) is 4.52. The lowest BCUT2D eigenvalue weighted by atomic mass is 10.2. The molecule has 0 heterocycles. The quantitative estimate of drug-likeness (QED) is 0.480. The van der Waals surface area contributed by atoms with Gasteiger partial charge in [0.05, 0.1) is 0 Å². The molecule has 0 spiro atoms. The first-order valence-electron chi connectivity index (χ1n) is 4.60. The molecule has 4 heteroatoms. The van der Waals surface area contributed by atoms with Gasteiger partial charge in [-0.1, -0.05) is 17.7 Å². The molecule has 0 saturated heterocycles. The first kappa shape index (κ1) is 11.6. The molecule has 0 aromatic heterocycles. The molecule has 0 radical (unpaired) electrons. The topological polar surface area (TPSA) is 52.9 Å². The van der Waals surface area contributed by atoms with Gasteiger partial charge in [0.1, 0.15) is 0 Å². The summed E-state index contributed by atoms with van der Waals surface area (Å²) in [7, 11) is 0. The molecule has 1 amide bonds. The predicted molar refractivity (Wildman–Crippen MR) is 60.3 cm³/mol. The maximum Gasteiger partial charge on any atom is 0.233 e. The van der Waals surface area contributed by atoms with Crippen molar-refractivity contribution in [3.63, 3.8) is 0 Å². The van der Waals surface area contributed by atoms with E-state index >= 15 is 0 Å². The fraction of sp³-hybridized carbons (Fsp3) is 0.273. The smallest absolute Gasteiger partial charge is 0.233 e. The maximum absolute atomic E-state index is 10.9. The molecular weight excluding hydrogens is 208 g/mol. The van der Waals surface area contributed by atoms with Gasteiger partial charge in [0.25, 0.3) is 0 Å². The van der Waals surface area contributed by atoms with Crippen LogP contribution < -0.4 is 5.32 Å². The monoisotopic (exact) mass is 220 g/mol. The number of hydrogen-bond donors (Lipinski definition) is 1. The highest BCUT2D eigenvalue weighted by molar-refractivity contribution is 7.99. The molecule has 0 fully saturated rings. The number of benzene rings is 1. The van der Waals surface area contributed by atoms with Crippen LogP contribution in [0.25, 0.3) is 0 Å². The molecule has 0 unspecified atom stereocenters. The Morgan fingerprint density at radius 1 is 1.47 bits per heavy atom. The van der Waals surface area contributed by atoms with Crippen LogP contribution >= 0.6 is 11.8 Å². The molecule has 0 saturated carbocycles. The lowest BCUT2D eigenvalue weighted by Crippen LogP contribution is -2.17. The van der Waals surface area contributed by atoms with E-state index in [-0.39, 0.29) is 5.91 Å². The molecule has 78 valence electrons. The molecule has 0 bridgehead atoms. The molecule has 1 aromatic carbocycles. The maximum atomic E-state index is 10.9. The number of amides is 1. The van der Waals surface area contributed by atoms with E-state index in [0.29, 0.717) is 12.2 Å². The Kier molecular flexibility index (Phi) is 4.72. The van der Waals surface area contributed by atoms with Gasteiger partial charge in [-0.25, -0.2) is 0 Å². The van der Waals surface area contributed by atoms with Gasteiger partial charge in [0.2, 0.25) is 5.91 Å². The van der Waals surface area contributed by atoms with Crippen molar-refractivity contribution < 1.29 is 4.79 Å². The molecule has 0 atom stereocenters. The molecule has 1 aromatic rings. The van der Waals surface area contributed by atoms with Gasteiger partial charge < -0.3 is 0 Å². The number of nitriles is 1. The summed E-state index contributed by atoms with van der Waals surface area (Å²) >= 11 is 1.61. The van der Waals surface area contributed by atoms with Crippen LogP contribution in [0, 0.1) is 18.4 Å². The number of carbonyl (C=O) groups is 1. The van der Waals surface area contributed by atoms with E-state index in [1.807, 2.05) is 31.2 Å². The summed E-state index contributed by atoms with van der Waals surface area (Å²) in [5.74, 6) is 0.466. The molecule has 0 aliphatic heterocycles. The standard InChI is InChI=1S/C11H12N2OS/c1-9-2-4-10(5-3-9)15-7-6-11(14)13-8-12/h2-5H,6-7H2,1H3,(H,13,14). The van der Waals surface area contributed by atoms with Crippen LogP contribution in [0.15, 0.2) is 29.2 Å². The van der Waals surface area contributed by atoms with E-state index in [0.717, 1.165) is 4.90 Å². The lowest BCUT2D eigenvalue weighted by molar-refractivity contribution is -0.119. The van der Waals surface area contributed by atoms with Crippen molar-refractivity contribution in [1.29, 1.82) is 5.26 Å². The van der Waals surface area contributed by atoms with Crippen molar-refractivity contribution in [1.82, 2.24) is 5.32 Å². The Bertz CT molecular complexity index is 367. The Morgan fingerprint density at radius 3 is 2.73 bits per heavy atom. The van der Waals surface area contributed by atoms with Crippen molar-refractivity contribution in [3.05, 3.63) is 29.8 Å². The second-order valence-corrected chi connectivity index (χ2v) is 4.24. The highest BCUT2D eigenvalue weighted by Crippen LogP contribution is 2.18. The highest BCUT2D eigenvalue weighted by Gasteiger charge is 2.00. The number of carbonyl (C=O) groups excluding carboxylic acids is 1. The molecule has 1 rings (SSSR count). The van der Waals surface area contributed by atoms with Gasteiger partial charge in [0, 0.05) is 17.1 Å². The van der Waals surface area contributed by atoms with Gasteiger partial charge >= 0.3 is 0 Å². The summed E-state index contributed by atoms with van der Waals surface area (Å²) in [6, 6.07) is 8.14. The van der Waals surface area contributed by atoms with E-state index in [1.54, 1.807) is 18.0 Å². The van der Waals surface area contributed by atoms with Gasteiger partial charge in [-0.2, -0.15) is 5.26 Å². The van der Waals surface area contributed by atoms with Gasteiger partial charge in [-0.15, -0.1) is 11.8 Å². The third-order valence-corrected chi connectivity index (χ3v) is 2.83. The Hall–Kier alpha value is -1.47. The average Bonchev–Trinajstić information content (AvgIpc) is 2.21. The summed E-state index contributed by atoms with van der Waals surface area (Å²) in [4.78, 5) is 12.1. The zero-order valence-electron chi connectivity index (χ0n) is 8.49. The number of hydrogen-bond acceptors (Lipinski definition) is 3. The number of nitrogens with zero attached hydrogens (tertiary/aromatic N) is 1. The van der Waals surface area contributed by atoms with Crippen LogP contribution in [0.1, 0.15) is 12.0 Å². The zero-order chi connectivity index (χ0) is 11.1. The number of rotatable bonds is 4. The SMILES string of the molecule is Cc1ccc(SCCC(=O)NC#N)cc1. The minimum atomic E-state index is -0.225.